The number of methoxy groups -OCH3 is 1. The Balaban J connectivity index is 1.88. The molecule has 0 N–H and O–H groups in total. The fourth-order valence-corrected chi connectivity index (χ4v) is 3.97. The van der Waals surface area contributed by atoms with E-state index in [9.17, 15) is 9.00 Å². The molecule has 1 aliphatic carbocycles. The van der Waals surface area contributed by atoms with Crippen LogP contribution in [-0.4, -0.2) is 28.3 Å². The molecule has 2 rings (SSSR count). The van der Waals surface area contributed by atoms with Gasteiger partial charge in [0.1, 0.15) is 0 Å². The van der Waals surface area contributed by atoms with Gasteiger partial charge >= 0.3 is 5.97 Å². The summed E-state index contributed by atoms with van der Waals surface area (Å²) in [6, 6.07) is 10.1. The van der Waals surface area contributed by atoms with Gasteiger partial charge in [-0.25, -0.2) is 0 Å². The molecule has 1 saturated carbocycles. The van der Waals surface area contributed by atoms with Crippen molar-refractivity contribution in [2.45, 2.75) is 24.5 Å². The summed E-state index contributed by atoms with van der Waals surface area (Å²) in [5, 5.41) is 0.208. The lowest BCUT2D eigenvalue weighted by atomic mass is 10.1. The molecule has 1 aromatic rings. The molecule has 0 bridgehead atoms. The zero-order valence-electron chi connectivity index (χ0n) is 10.7. The van der Waals surface area contributed by atoms with Crippen LogP contribution in [-0.2, 0) is 20.3 Å². The van der Waals surface area contributed by atoms with E-state index in [0.717, 1.165) is 6.42 Å². The molecule has 0 radical (unpaired) electrons. The van der Waals surface area contributed by atoms with Crippen molar-refractivity contribution < 1.29 is 13.7 Å². The number of rotatable bonds is 5. The SMILES string of the molecule is COC(=O)C(C)CS(=O)C1CC1c1ccccc1. The van der Waals surface area contributed by atoms with E-state index >= 15 is 0 Å². The molecule has 0 saturated heterocycles. The van der Waals surface area contributed by atoms with Crippen LogP contribution in [0.1, 0.15) is 24.8 Å². The van der Waals surface area contributed by atoms with Gasteiger partial charge in [-0.05, 0) is 17.9 Å². The Kier molecular flexibility index (Phi) is 4.17. The Morgan fingerprint density at radius 3 is 2.72 bits per heavy atom. The van der Waals surface area contributed by atoms with E-state index in [4.69, 9.17) is 0 Å². The summed E-state index contributed by atoms with van der Waals surface area (Å²) >= 11 is 0. The van der Waals surface area contributed by atoms with Gasteiger partial charge < -0.3 is 4.74 Å². The Bertz CT molecular complexity index is 444. The average molecular weight is 266 g/mol. The molecule has 0 heterocycles. The first-order valence-corrected chi connectivity index (χ1v) is 7.51. The van der Waals surface area contributed by atoms with Crippen LogP contribution < -0.4 is 0 Å². The lowest BCUT2D eigenvalue weighted by molar-refractivity contribution is -0.144. The molecule has 0 amide bonds. The second-order valence-electron chi connectivity index (χ2n) is 4.76. The smallest absolute Gasteiger partial charge is 0.309 e. The molecule has 0 spiro atoms. The highest BCUT2D eigenvalue weighted by atomic mass is 32.2. The first-order valence-electron chi connectivity index (χ1n) is 6.13. The minimum atomic E-state index is -0.944. The molecule has 0 aromatic heterocycles. The van der Waals surface area contributed by atoms with Gasteiger partial charge in [-0.15, -0.1) is 0 Å². The maximum absolute atomic E-state index is 12.1. The van der Waals surface area contributed by atoms with Crippen LogP contribution in [0.5, 0.6) is 0 Å². The van der Waals surface area contributed by atoms with Crippen LogP contribution in [0.4, 0.5) is 0 Å². The van der Waals surface area contributed by atoms with Crippen molar-refractivity contribution in [3.63, 3.8) is 0 Å². The fourth-order valence-electron chi connectivity index (χ4n) is 2.15. The summed E-state index contributed by atoms with van der Waals surface area (Å²) in [5.41, 5.74) is 1.25. The summed E-state index contributed by atoms with van der Waals surface area (Å²) in [6.45, 7) is 1.77. The number of esters is 1. The third kappa shape index (κ3) is 2.99. The van der Waals surface area contributed by atoms with E-state index in [1.54, 1.807) is 6.92 Å². The number of carbonyl (C=O) groups is 1. The molecular weight excluding hydrogens is 248 g/mol. The van der Waals surface area contributed by atoms with Gasteiger partial charge in [0, 0.05) is 21.8 Å². The standard InChI is InChI=1S/C14H18O3S/c1-10(14(15)17-2)9-18(16)13-8-12(13)11-6-4-3-5-7-11/h3-7,10,12-13H,8-9H2,1-2H3. The summed E-state index contributed by atoms with van der Waals surface area (Å²) in [5.74, 6) is 0.241. The number of benzene rings is 1. The summed E-state index contributed by atoms with van der Waals surface area (Å²) < 4.78 is 16.8. The third-order valence-corrected chi connectivity index (χ3v) is 5.34. The summed E-state index contributed by atoms with van der Waals surface area (Å²) in [6.07, 6.45) is 0.963. The monoisotopic (exact) mass is 266 g/mol. The predicted octanol–water partition coefficient (Wildman–Crippen LogP) is 2.10. The highest BCUT2D eigenvalue weighted by Crippen LogP contribution is 2.44. The van der Waals surface area contributed by atoms with E-state index in [1.165, 1.54) is 12.7 Å². The molecule has 98 valence electrons. The summed E-state index contributed by atoms with van der Waals surface area (Å²) in [4.78, 5) is 11.3. The third-order valence-electron chi connectivity index (χ3n) is 3.32. The molecule has 1 aliphatic rings. The second kappa shape index (κ2) is 5.65. The Hall–Kier alpha value is -1.16. The van der Waals surface area contributed by atoms with Gasteiger partial charge in [0.15, 0.2) is 0 Å². The lowest BCUT2D eigenvalue weighted by Gasteiger charge is -2.08. The number of hydrogen-bond acceptors (Lipinski definition) is 3. The van der Waals surface area contributed by atoms with Crippen LogP contribution in [0, 0.1) is 5.92 Å². The topological polar surface area (TPSA) is 43.4 Å². The molecule has 4 atom stereocenters. The predicted molar refractivity (Wildman–Crippen MR) is 71.8 cm³/mol. The Labute approximate surface area is 110 Å². The largest absolute Gasteiger partial charge is 0.469 e. The molecular formula is C14H18O3S. The van der Waals surface area contributed by atoms with Crippen LogP contribution in [0.3, 0.4) is 0 Å². The lowest BCUT2D eigenvalue weighted by Crippen LogP contribution is -2.21. The van der Waals surface area contributed by atoms with Crippen LogP contribution >= 0.6 is 0 Å². The molecule has 4 unspecified atom stereocenters. The van der Waals surface area contributed by atoms with Crippen molar-refractivity contribution in [1.82, 2.24) is 0 Å². The maximum atomic E-state index is 12.1. The first-order chi connectivity index (χ1) is 8.63. The van der Waals surface area contributed by atoms with Gasteiger partial charge in [-0.3, -0.25) is 9.00 Å². The van der Waals surface area contributed by atoms with Crippen LogP contribution in [0.25, 0.3) is 0 Å². The fraction of sp³-hybridized carbons (Fsp3) is 0.500. The Morgan fingerprint density at radius 2 is 2.11 bits per heavy atom. The number of carbonyl (C=O) groups excluding carboxylic acids is 1. The van der Waals surface area contributed by atoms with E-state index in [1.807, 2.05) is 18.2 Å². The maximum Gasteiger partial charge on any atom is 0.309 e. The van der Waals surface area contributed by atoms with E-state index in [-0.39, 0.29) is 17.1 Å². The highest BCUT2D eigenvalue weighted by Gasteiger charge is 2.43. The average Bonchev–Trinajstić information content (AvgIpc) is 3.19. The van der Waals surface area contributed by atoms with Gasteiger partial charge in [0.25, 0.3) is 0 Å². The van der Waals surface area contributed by atoms with Crippen molar-refractivity contribution in [2.75, 3.05) is 12.9 Å². The van der Waals surface area contributed by atoms with Crippen molar-refractivity contribution in [1.29, 1.82) is 0 Å². The van der Waals surface area contributed by atoms with Crippen molar-refractivity contribution in [2.24, 2.45) is 5.92 Å². The second-order valence-corrected chi connectivity index (χ2v) is 6.46. The Morgan fingerprint density at radius 1 is 1.44 bits per heavy atom. The number of hydrogen-bond donors (Lipinski definition) is 0. The van der Waals surface area contributed by atoms with Gasteiger partial charge in [0.05, 0.1) is 13.0 Å². The van der Waals surface area contributed by atoms with E-state index < -0.39 is 10.8 Å². The van der Waals surface area contributed by atoms with E-state index in [0.29, 0.717) is 11.7 Å². The normalized spacial score (nSPS) is 25.2. The zero-order valence-corrected chi connectivity index (χ0v) is 11.5. The van der Waals surface area contributed by atoms with E-state index in [2.05, 4.69) is 16.9 Å². The van der Waals surface area contributed by atoms with Crippen molar-refractivity contribution >= 4 is 16.8 Å². The molecule has 1 fully saturated rings. The highest BCUT2D eigenvalue weighted by molar-refractivity contribution is 7.86. The molecule has 18 heavy (non-hydrogen) atoms. The minimum absolute atomic E-state index is 0.208. The van der Waals surface area contributed by atoms with Crippen LogP contribution in [0.15, 0.2) is 30.3 Å². The molecule has 4 heteroatoms. The van der Waals surface area contributed by atoms with Crippen molar-refractivity contribution in [3.05, 3.63) is 35.9 Å². The van der Waals surface area contributed by atoms with Gasteiger partial charge in [-0.2, -0.15) is 0 Å². The molecule has 0 aliphatic heterocycles. The van der Waals surface area contributed by atoms with Gasteiger partial charge in [0.2, 0.25) is 0 Å². The quantitative estimate of drug-likeness (QED) is 0.767. The van der Waals surface area contributed by atoms with Gasteiger partial charge in [-0.1, -0.05) is 37.3 Å². The zero-order chi connectivity index (χ0) is 13.1. The van der Waals surface area contributed by atoms with Crippen molar-refractivity contribution in [3.8, 4) is 0 Å². The molecule has 1 aromatic carbocycles. The summed E-state index contributed by atoms with van der Waals surface area (Å²) in [7, 11) is 0.422. The first kappa shape index (κ1) is 13.3. The molecule has 3 nitrogen and oxygen atoms in total. The number of ether oxygens (including phenoxy) is 1. The van der Waals surface area contributed by atoms with Crippen LogP contribution in [0.2, 0.25) is 0 Å². The minimum Gasteiger partial charge on any atom is -0.469 e.